The highest BCUT2D eigenvalue weighted by molar-refractivity contribution is 7.99. The third kappa shape index (κ3) is 5.26. The van der Waals surface area contributed by atoms with E-state index in [0.717, 1.165) is 24.0 Å². The number of nitrogens with zero attached hydrogens (tertiary/aromatic N) is 4. The van der Waals surface area contributed by atoms with E-state index in [-0.39, 0.29) is 22.6 Å². The summed E-state index contributed by atoms with van der Waals surface area (Å²) in [7, 11) is 0. The maximum atomic E-state index is 14.3. The van der Waals surface area contributed by atoms with E-state index in [0.29, 0.717) is 37.4 Å². The summed E-state index contributed by atoms with van der Waals surface area (Å²) in [4.78, 5) is 34.3. The molecule has 1 aliphatic rings. The van der Waals surface area contributed by atoms with E-state index in [9.17, 15) is 27.2 Å². The van der Waals surface area contributed by atoms with E-state index < -0.39 is 17.7 Å². The SMILES string of the molecule is CC(=O)c1ccc(N2CCN(C(=O)CSc3nccc(C(F)(F)F)n3)CC2)c(F)c1. The Morgan fingerprint density at radius 2 is 1.83 bits per heavy atom. The van der Waals surface area contributed by atoms with Crippen LogP contribution in [0.4, 0.5) is 23.2 Å². The van der Waals surface area contributed by atoms with Gasteiger partial charge in [0, 0.05) is 37.9 Å². The average molecular weight is 442 g/mol. The molecule has 1 fully saturated rings. The molecule has 11 heteroatoms. The molecule has 1 aliphatic heterocycles. The fourth-order valence-corrected chi connectivity index (χ4v) is 3.70. The van der Waals surface area contributed by atoms with Crippen molar-refractivity contribution in [3.8, 4) is 0 Å². The summed E-state index contributed by atoms with van der Waals surface area (Å²) in [6.45, 7) is 2.84. The van der Waals surface area contributed by atoms with Crippen LogP contribution in [0.2, 0.25) is 0 Å². The second-order valence-electron chi connectivity index (χ2n) is 6.60. The summed E-state index contributed by atoms with van der Waals surface area (Å²) in [5, 5.41) is -0.121. The molecule has 0 unspecified atom stereocenters. The van der Waals surface area contributed by atoms with Crippen LogP contribution in [0.1, 0.15) is 23.0 Å². The van der Waals surface area contributed by atoms with Gasteiger partial charge in [-0.15, -0.1) is 0 Å². The number of anilines is 1. The van der Waals surface area contributed by atoms with Crippen LogP contribution in [0.15, 0.2) is 35.6 Å². The highest BCUT2D eigenvalue weighted by Crippen LogP contribution is 2.28. The number of thioether (sulfide) groups is 1. The molecule has 2 aromatic rings. The van der Waals surface area contributed by atoms with Crippen LogP contribution in [-0.2, 0) is 11.0 Å². The Kier molecular flexibility index (Phi) is 6.59. The van der Waals surface area contributed by atoms with Gasteiger partial charge in [-0.3, -0.25) is 9.59 Å². The number of piperazine rings is 1. The minimum atomic E-state index is -4.57. The molecule has 0 N–H and O–H groups in total. The van der Waals surface area contributed by atoms with Crippen LogP contribution in [0.3, 0.4) is 0 Å². The Hall–Kier alpha value is -2.69. The Balaban J connectivity index is 1.54. The van der Waals surface area contributed by atoms with Crippen molar-refractivity contribution < 1.29 is 27.2 Å². The summed E-state index contributed by atoms with van der Waals surface area (Å²) in [6, 6.07) is 5.07. The van der Waals surface area contributed by atoms with Gasteiger partial charge < -0.3 is 9.80 Å². The van der Waals surface area contributed by atoms with E-state index in [1.54, 1.807) is 21.9 Å². The molecule has 3 rings (SSSR count). The Labute approximate surface area is 174 Å². The molecule has 30 heavy (non-hydrogen) atoms. The molecule has 0 saturated carbocycles. The Morgan fingerprint density at radius 1 is 1.13 bits per heavy atom. The second kappa shape index (κ2) is 8.99. The number of carbonyl (C=O) groups is 2. The van der Waals surface area contributed by atoms with Crippen molar-refractivity contribution in [3.63, 3.8) is 0 Å². The molecule has 160 valence electrons. The molecular weight excluding hydrogens is 424 g/mol. The van der Waals surface area contributed by atoms with Gasteiger partial charge in [0.05, 0.1) is 11.4 Å². The highest BCUT2D eigenvalue weighted by Gasteiger charge is 2.33. The lowest BCUT2D eigenvalue weighted by Gasteiger charge is -2.36. The van der Waals surface area contributed by atoms with E-state index in [1.807, 2.05) is 0 Å². The maximum absolute atomic E-state index is 14.3. The molecule has 2 heterocycles. The number of halogens is 4. The number of alkyl halides is 3. The minimum Gasteiger partial charge on any atom is -0.366 e. The predicted octanol–water partition coefficient (Wildman–Crippen LogP) is 3.28. The van der Waals surface area contributed by atoms with Crippen molar-refractivity contribution in [3.05, 3.63) is 47.5 Å². The Bertz CT molecular complexity index is 946. The molecule has 1 saturated heterocycles. The van der Waals surface area contributed by atoms with Crippen molar-refractivity contribution >= 4 is 29.1 Å². The van der Waals surface area contributed by atoms with E-state index in [2.05, 4.69) is 9.97 Å². The highest BCUT2D eigenvalue weighted by atomic mass is 32.2. The monoisotopic (exact) mass is 442 g/mol. The lowest BCUT2D eigenvalue weighted by Crippen LogP contribution is -2.49. The van der Waals surface area contributed by atoms with E-state index in [4.69, 9.17) is 0 Å². The molecule has 0 atom stereocenters. The zero-order chi connectivity index (χ0) is 21.9. The number of carbonyl (C=O) groups excluding carboxylic acids is 2. The zero-order valence-corrected chi connectivity index (χ0v) is 16.8. The van der Waals surface area contributed by atoms with Crippen LogP contribution in [-0.4, -0.2) is 58.5 Å². The van der Waals surface area contributed by atoms with Crippen LogP contribution < -0.4 is 4.90 Å². The molecule has 1 aromatic carbocycles. The van der Waals surface area contributed by atoms with Gasteiger partial charge >= 0.3 is 6.18 Å². The fraction of sp³-hybridized carbons (Fsp3) is 0.368. The second-order valence-corrected chi connectivity index (χ2v) is 7.54. The van der Waals surface area contributed by atoms with Crippen LogP contribution in [0.25, 0.3) is 0 Å². The van der Waals surface area contributed by atoms with Crippen LogP contribution in [0.5, 0.6) is 0 Å². The number of Topliss-reactive ketones (excluding diaryl/α,β-unsaturated/α-hetero) is 1. The zero-order valence-electron chi connectivity index (χ0n) is 15.9. The van der Waals surface area contributed by atoms with Crippen molar-refractivity contribution in [1.82, 2.24) is 14.9 Å². The number of rotatable bonds is 5. The third-order valence-corrected chi connectivity index (χ3v) is 5.42. The lowest BCUT2D eigenvalue weighted by atomic mass is 10.1. The molecule has 6 nitrogen and oxygen atoms in total. The van der Waals surface area contributed by atoms with Gasteiger partial charge in [-0.25, -0.2) is 14.4 Å². The fourth-order valence-electron chi connectivity index (χ4n) is 2.96. The Morgan fingerprint density at radius 3 is 2.43 bits per heavy atom. The first-order valence-corrected chi connectivity index (χ1v) is 10.00. The predicted molar refractivity (Wildman–Crippen MR) is 103 cm³/mol. The number of benzene rings is 1. The van der Waals surface area contributed by atoms with Crippen LogP contribution in [0, 0.1) is 5.82 Å². The average Bonchev–Trinajstić information content (AvgIpc) is 2.71. The maximum Gasteiger partial charge on any atom is 0.433 e. The molecule has 1 amide bonds. The quantitative estimate of drug-likeness (QED) is 0.307. The van der Waals surface area contributed by atoms with Crippen molar-refractivity contribution in [2.24, 2.45) is 0 Å². The number of aromatic nitrogens is 2. The summed E-state index contributed by atoms with van der Waals surface area (Å²) >= 11 is 0.837. The molecule has 0 spiro atoms. The molecular formula is C19H18F4N4O2S. The standard InChI is InChI=1S/C19H18F4N4O2S/c1-12(28)13-2-3-15(14(20)10-13)26-6-8-27(9-7-26)17(29)11-30-18-24-5-4-16(25-18)19(21,22)23/h2-5,10H,6-9,11H2,1H3. The minimum absolute atomic E-state index is 0.0943. The molecule has 0 aliphatic carbocycles. The first-order chi connectivity index (χ1) is 14.1. The lowest BCUT2D eigenvalue weighted by molar-refractivity contribution is -0.141. The first kappa shape index (κ1) is 22.0. The van der Waals surface area contributed by atoms with Crippen LogP contribution >= 0.6 is 11.8 Å². The first-order valence-electron chi connectivity index (χ1n) is 9.01. The van der Waals surface area contributed by atoms with E-state index in [1.165, 1.54) is 13.0 Å². The summed E-state index contributed by atoms with van der Waals surface area (Å²) in [6.07, 6.45) is -3.57. The van der Waals surface area contributed by atoms with Gasteiger partial charge in [0.2, 0.25) is 5.91 Å². The molecule has 0 bridgehead atoms. The van der Waals surface area contributed by atoms with Crippen molar-refractivity contribution in [2.75, 3.05) is 36.8 Å². The van der Waals surface area contributed by atoms with Gasteiger partial charge in [0.1, 0.15) is 11.5 Å². The molecule has 1 aromatic heterocycles. The van der Waals surface area contributed by atoms with Crippen molar-refractivity contribution in [1.29, 1.82) is 0 Å². The van der Waals surface area contributed by atoms with Gasteiger partial charge in [-0.2, -0.15) is 13.2 Å². The summed E-state index contributed by atoms with van der Waals surface area (Å²) < 4.78 is 52.4. The van der Waals surface area contributed by atoms with Crippen molar-refractivity contribution in [2.45, 2.75) is 18.3 Å². The number of hydrogen-bond acceptors (Lipinski definition) is 6. The van der Waals surface area contributed by atoms with E-state index >= 15 is 0 Å². The summed E-state index contributed by atoms with van der Waals surface area (Å²) in [5.41, 5.74) is -0.406. The topological polar surface area (TPSA) is 66.4 Å². The van der Waals surface area contributed by atoms with Gasteiger partial charge in [0.15, 0.2) is 10.9 Å². The van der Waals surface area contributed by atoms with Gasteiger partial charge in [-0.05, 0) is 31.2 Å². The third-order valence-electron chi connectivity index (χ3n) is 4.58. The smallest absolute Gasteiger partial charge is 0.366 e. The summed E-state index contributed by atoms with van der Waals surface area (Å²) in [5.74, 6) is -1.07. The van der Waals surface area contributed by atoms with Gasteiger partial charge in [0.25, 0.3) is 0 Å². The largest absolute Gasteiger partial charge is 0.433 e. The molecule has 0 radical (unpaired) electrons. The number of hydrogen-bond donors (Lipinski definition) is 0. The normalized spacial score (nSPS) is 14.7. The number of amides is 1. The number of ketones is 1. The van der Waals surface area contributed by atoms with Gasteiger partial charge in [-0.1, -0.05) is 11.8 Å².